The molecule has 21 heavy (non-hydrogen) atoms. The van der Waals surface area contributed by atoms with Crippen LogP contribution in [-0.4, -0.2) is 32.3 Å². The van der Waals surface area contributed by atoms with Gasteiger partial charge in [-0.15, -0.1) is 0 Å². The number of nitrogens with zero attached hydrogens (tertiary/aromatic N) is 2. The minimum atomic E-state index is -0.953. The number of hydrogen-bond acceptors (Lipinski definition) is 3. The Labute approximate surface area is 124 Å². The Morgan fingerprint density at radius 1 is 1.38 bits per heavy atom. The highest BCUT2D eigenvalue weighted by atomic mass is 16.4. The summed E-state index contributed by atoms with van der Waals surface area (Å²) < 4.78 is 2.06. The third kappa shape index (κ3) is 2.93. The number of imidazole rings is 1. The molecule has 0 aliphatic heterocycles. The van der Waals surface area contributed by atoms with Gasteiger partial charge >= 0.3 is 5.97 Å². The zero-order valence-electron chi connectivity index (χ0n) is 12.7. The molecule has 0 amide bonds. The summed E-state index contributed by atoms with van der Waals surface area (Å²) in [7, 11) is 0. The maximum atomic E-state index is 11.1. The van der Waals surface area contributed by atoms with Gasteiger partial charge < -0.3 is 14.8 Å². The van der Waals surface area contributed by atoms with Crippen LogP contribution in [0.15, 0.2) is 18.2 Å². The van der Waals surface area contributed by atoms with Crippen molar-refractivity contribution in [3.8, 4) is 0 Å². The first-order chi connectivity index (χ1) is 9.99. The molecule has 1 atom stereocenters. The lowest BCUT2D eigenvalue weighted by Crippen LogP contribution is -2.21. The van der Waals surface area contributed by atoms with Crippen LogP contribution in [0.4, 0.5) is 0 Å². The van der Waals surface area contributed by atoms with Crippen LogP contribution in [0.25, 0.3) is 11.0 Å². The summed E-state index contributed by atoms with van der Waals surface area (Å²) in [6.45, 7) is 6.25. The molecule has 0 bridgehead atoms. The topological polar surface area (TPSA) is 75.3 Å². The first-order valence-corrected chi connectivity index (χ1v) is 7.34. The predicted molar refractivity (Wildman–Crippen MR) is 81.6 cm³/mol. The summed E-state index contributed by atoms with van der Waals surface area (Å²) in [4.78, 5) is 15.7. The van der Waals surface area contributed by atoms with Crippen LogP contribution >= 0.6 is 0 Å². The lowest BCUT2D eigenvalue weighted by Gasteiger charge is -2.23. The third-order valence-electron chi connectivity index (χ3n) is 3.77. The van der Waals surface area contributed by atoms with E-state index in [0.29, 0.717) is 5.52 Å². The summed E-state index contributed by atoms with van der Waals surface area (Å²) in [5.41, 5.74) is 1.80. The Morgan fingerprint density at radius 2 is 2.10 bits per heavy atom. The molecule has 5 nitrogen and oxygen atoms in total. The smallest absolute Gasteiger partial charge is 0.335 e. The maximum Gasteiger partial charge on any atom is 0.335 e. The number of aliphatic hydroxyl groups is 1. The molecule has 114 valence electrons. The van der Waals surface area contributed by atoms with Crippen molar-refractivity contribution in [1.29, 1.82) is 0 Å². The van der Waals surface area contributed by atoms with E-state index in [0.717, 1.165) is 24.2 Å². The summed E-state index contributed by atoms with van der Waals surface area (Å²) in [6, 6.07) is 4.93. The number of rotatable bonds is 6. The summed E-state index contributed by atoms with van der Waals surface area (Å²) >= 11 is 0. The Morgan fingerprint density at radius 3 is 2.62 bits per heavy atom. The fourth-order valence-electron chi connectivity index (χ4n) is 2.64. The van der Waals surface area contributed by atoms with Gasteiger partial charge in [0.2, 0.25) is 0 Å². The summed E-state index contributed by atoms with van der Waals surface area (Å²) in [6.07, 6.45) is 1.76. The first kappa shape index (κ1) is 15.5. The lowest BCUT2D eigenvalue weighted by molar-refractivity contribution is 0.0697. The van der Waals surface area contributed by atoms with Gasteiger partial charge in [-0.3, -0.25) is 0 Å². The van der Waals surface area contributed by atoms with Crippen molar-refractivity contribution in [3.05, 3.63) is 29.6 Å². The molecule has 5 heteroatoms. The highest BCUT2D eigenvalue weighted by Gasteiger charge is 2.21. The molecular weight excluding hydrogens is 268 g/mol. The SMILES string of the molecule is CCCc1nc2cc(C(=O)O)ccc2n1[C@@H](CO)C(C)C. The van der Waals surface area contributed by atoms with E-state index in [1.165, 1.54) is 0 Å². The van der Waals surface area contributed by atoms with Crippen molar-refractivity contribution < 1.29 is 15.0 Å². The standard InChI is InChI=1S/C16H22N2O3/c1-4-5-15-17-12-8-11(16(20)21)6-7-13(12)18(15)14(9-19)10(2)3/h6-8,10,14,19H,4-5,9H2,1-3H3,(H,20,21)/t14-/m0/s1. The highest BCUT2D eigenvalue weighted by molar-refractivity contribution is 5.92. The van der Waals surface area contributed by atoms with Crippen molar-refractivity contribution in [2.75, 3.05) is 6.61 Å². The van der Waals surface area contributed by atoms with E-state index < -0.39 is 5.97 Å². The normalized spacial score (nSPS) is 13.0. The molecule has 0 aliphatic carbocycles. The molecule has 0 fully saturated rings. The molecule has 0 aliphatic rings. The maximum absolute atomic E-state index is 11.1. The van der Waals surface area contributed by atoms with Gasteiger partial charge in [-0.25, -0.2) is 9.78 Å². The first-order valence-electron chi connectivity index (χ1n) is 7.34. The zero-order chi connectivity index (χ0) is 15.6. The molecule has 0 unspecified atom stereocenters. The van der Waals surface area contributed by atoms with Crippen molar-refractivity contribution in [2.45, 2.75) is 39.7 Å². The molecule has 0 radical (unpaired) electrons. The average molecular weight is 290 g/mol. The van der Waals surface area contributed by atoms with Gasteiger partial charge in [0.1, 0.15) is 5.82 Å². The molecule has 2 rings (SSSR count). The molecule has 1 aromatic heterocycles. The Kier molecular flexibility index (Phi) is 4.63. The number of aromatic carboxylic acids is 1. The van der Waals surface area contributed by atoms with Crippen LogP contribution in [0, 0.1) is 5.92 Å². The van der Waals surface area contributed by atoms with E-state index in [1.807, 2.05) is 0 Å². The average Bonchev–Trinajstić information content (AvgIpc) is 2.77. The monoisotopic (exact) mass is 290 g/mol. The Balaban J connectivity index is 2.65. The molecule has 1 heterocycles. The van der Waals surface area contributed by atoms with Crippen molar-refractivity contribution in [1.82, 2.24) is 9.55 Å². The van der Waals surface area contributed by atoms with Gasteiger partial charge in [-0.05, 0) is 30.5 Å². The molecule has 0 spiro atoms. The molecular formula is C16H22N2O3. The number of aliphatic hydroxyl groups excluding tert-OH is 1. The predicted octanol–water partition coefficient (Wildman–Crippen LogP) is 2.88. The number of fused-ring (bicyclic) bond motifs is 1. The van der Waals surface area contributed by atoms with E-state index in [-0.39, 0.29) is 24.1 Å². The van der Waals surface area contributed by atoms with Crippen LogP contribution in [0.3, 0.4) is 0 Å². The second-order valence-corrected chi connectivity index (χ2v) is 5.65. The van der Waals surface area contributed by atoms with Crippen LogP contribution in [-0.2, 0) is 6.42 Å². The largest absolute Gasteiger partial charge is 0.478 e. The van der Waals surface area contributed by atoms with Gasteiger partial charge in [0.15, 0.2) is 0 Å². The lowest BCUT2D eigenvalue weighted by atomic mass is 10.0. The van der Waals surface area contributed by atoms with Gasteiger partial charge in [-0.1, -0.05) is 20.8 Å². The summed E-state index contributed by atoms with van der Waals surface area (Å²) in [5, 5.41) is 18.8. The number of aryl methyl sites for hydroxylation is 1. The number of aromatic nitrogens is 2. The van der Waals surface area contributed by atoms with Gasteiger partial charge in [0.05, 0.1) is 29.2 Å². The number of hydrogen-bond donors (Lipinski definition) is 2. The molecule has 2 N–H and O–H groups in total. The van der Waals surface area contributed by atoms with Crippen LogP contribution < -0.4 is 0 Å². The van der Waals surface area contributed by atoms with Gasteiger partial charge in [0.25, 0.3) is 0 Å². The minimum Gasteiger partial charge on any atom is -0.478 e. The van der Waals surface area contributed by atoms with E-state index in [2.05, 4.69) is 30.3 Å². The number of carboxylic acids is 1. The van der Waals surface area contributed by atoms with E-state index in [4.69, 9.17) is 5.11 Å². The number of carboxylic acid groups (broad SMARTS) is 1. The molecule has 0 saturated carbocycles. The third-order valence-corrected chi connectivity index (χ3v) is 3.77. The van der Waals surface area contributed by atoms with Crippen molar-refractivity contribution in [2.24, 2.45) is 5.92 Å². The quantitative estimate of drug-likeness (QED) is 0.857. The number of benzene rings is 1. The van der Waals surface area contributed by atoms with E-state index in [1.54, 1.807) is 18.2 Å². The number of carbonyl (C=O) groups is 1. The van der Waals surface area contributed by atoms with Gasteiger partial charge in [-0.2, -0.15) is 0 Å². The fourth-order valence-corrected chi connectivity index (χ4v) is 2.64. The Hall–Kier alpha value is -1.88. The second kappa shape index (κ2) is 6.26. The minimum absolute atomic E-state index is 0.0422. The van der Waals surface area contributed by atoms with Crippen molar-refractivity contribution in [3.63, 3.8) is 0 Å². The van der Waals surface area contributed by atoms with Crippen molar-refractivity contribution >= 4 is 17.0 Å². The molecule has 2 aromatic rings. The van der Waals surface area contributed by atoms with Gasteiger partial charge in [0, 0.05) is 6.42 Å². The zero-order valence-corrected chi connectivity index (χ0v) is 12.7. The van der Waals surface area contributed by atoms with E-state index in [9.17, 15) is 9.90 Å². The highest BCUT2D eigenvalue weighted by Crippen LogP contribution is 2.27. The summed E-state index contributed by atoms with van der Waals surface area (Å²) in [5.74, 6) is 0.219. The molecule has 1 aromatic carbocycles. The van der Waals surface area contributed by atoms with E-state index >= 15 is 0 Å². The molecule has 0 saturated heterocycles. The fraction of sp³-hybridized carbons (Fsp3) is 0.500. The van der Waals surface area contributed by atoms with Crippen LogP contribution in [0.2, 0.25) is 0 Å². The Bertz CT molecular complexity index is 646. The van der Waals surface area contributed by atoms with Crippen LogP contribution in [0.1, 0.15) is 49.4 Å². The van der Waals surface area contributed by atoms with Crippen LogP contribution in [0.5, 0.6) is 0 Å². The second-order valence-electron chi connectivity index (χ2n) is 5.65.